The molecule has 1 heterocycles. The van der Waals surface area contributed by atoms with Crippen molar-refractivity contribution in [3.63, 3.8) is 0 Å². The van der Waals surface area contributed by atoms with Crippen molar-refractivity contribution in [1.29, 1.82) is 0 Å². The highest BCUT2D eigenvalue weighted by Crippen LogP contribution is 2.16. The van der Waals surface area contributed by atoms with E-state index in [0.29, 0.717) is 16.6 Å². The standard InChI is InChI=1S/C18H23ClN2O4S/c1-13-6-8-21(9-7-13)17(23)10-25-18(24)12-26-11-16(22)20-15-4-2-14(19)3-5-15/h2-5,13H,6-12H2,1H3,(H,20,22). The maximum Gasteiger partial charge on any atom is 0.316 e. The number of benzene rings is 1. The smallest absolute Gasteiger partial charge is 0.316 e. The maximum atomic E-state index is 12.0. The summed E-state index contributed by atoms with van der Waals surface area (Å²) in [7, 11) is 0. The molecule has 1 aromatic carbocycles. The second-order valence-electron chi connectivity index (χ2n) is 6.27. The van der Waals surface area contributed by atoms with Crippen LogP contribution in [0.25, 0.3) is 0 Å². The molecule has 26 heavy (non-hydrogen) atoms. The molecule has 0 unspecified atom stereocenters. The summed E-state index contributed by atoms with van der Waals surface area (Å²) in [5, 5.41) is 3.30. The molecule has 8 heteroatoms. The lowest BCUT2D eigenvalue weighted by Crippen LogP contribution is -2.40. The summed E-state index contributed by atoms with van der Waals surface area (Å²) in [4.78, 5) is 37.2. The molecule has 0 radical (unpaired) electrons. The zero-order chi connectivity index (χ0) is 18.9. The number of halogens is 1. The molecule has 2 rings (SSSR count). The summed E-state index contributed by atoms with van der Waals surface area (Å²) in [6, 6.07) is 6.77. The zero-order valence-electron chi connectivity index (χ0n) is 14.7. The molecule has 6 nitrogen and oxygen atoms in total. The second kappa shape index (κ2) is 10.4. The van der Waals surface area contributed by atoms with Crippen LogP contribution in [0.3, 0.4) is 0 Å². The van der Waals surface area contributed by atoms with Crippen LogP contribution in [-0.2, 0) is 19.1 Å². The van der Waals surface area contributed by atoms with Crippen molar-refractivity contribution in [2.75, 3.05) is 36.5 Å². The van der Waals surface area contributed by atoms with E-state index in [1.54, 1.807) is 29.2 Å². The second-order valence-corrected chi connectivity index (χ2v) is 7.69. The minimum absolute atomic E-state index is 0.0261. The number of rotatable bonds is 7. The number of nitrogens with one attached hydrogen (secondary N) is 1. The lowest BCUT2D eigenvalue weighted by Gasteiger charge is -2.30. The van der Waals surface area contributed by atoms with Crippen molar-refractivity contribution in [2.45, 2.75) is 19.8 Å². The van der Waals surface area contributed by atoms with Crippen molar-refractivity contribution in [3.8, 4) is 0 Å². The van der Waals surface area contributed by atoms with E-state index in [2.05, 4.69) is 12.2 Å². The summed E-state index contributed by atoms with van der Waals surface area (Å²) in [5.41, 5.74) is 0.643. The first-order chi connectivity index (χ1) is 12.4. The van der Waals surface area contributed by atoms with Crippen LogP contribution in [0, 0.1) is 5.92 Å². The Balaban J connectivity index is 1.59. The largest absolute Gasteiger partial charge is 0.455 e. The van der Waals surface area contributed by atoms with E-state index in [4.69, 9.17) is 16.3 Å². The third-order valence-corrected chi connectivity index (χ3v) is 5.23. The molecule has 1 aliphatic rings. The van der Waals surface area contributed by atoms with Crippen LogP contribution in [-0.4, -0.2) is 53.9 Å². The van der Waals surface area contributed by atoms with Gasteiger partial charge in [0.05, 0.1) is 11.5 Å². The van der Waals surface area contributed by atoms with Gasteiger partial charge in [-0.2, -0.15) is 0 Å². The van der Waals surface area contributed by atoms with Gasteiger partial charge in [0.15, 0.2) is 6.61 Å². The number of carbonyl (C=O) groups is 3. The van der Waals surface area contributed by atoms with Crippen molar-refractivity contribution >= 4 is 46.8 Å². The van der Waals surface area contributed by atoms with Gasteiger partial charge in [0, 0.05) is 23.8 Å². The number of thioether (sulfide) groups is 1. The lowest BCUT2D eigenvalue weighted by molar-refractivity contribution is -0.150. The average molecular weight is 399 g/mol. The molecule has 1 fully saturated rings. The molecule has 142 valence electrons. The molecule has 1 saturated heterocycles. The zero-order valence-corrected chi connectivity index (χ0v) is 16.3. The minimum Gasteiger partial charge on any atom is -0.455 e. The summed E-state index contributed by atoms with van der Waals surface area (Å²) in [5.74, 6) is -0.0852. The van der Waals surface area contributed by atoms with Crippen LogP contribution in [0.5, 0.6) is 0 Å². The Labute approximate surface area is 162 Å². The van der Waals surface area contributed by atoms with Gasteiger partial charge in [0.1, 0.15) is 0 Å². The molecule has 0 atom stereocenters. The number of esters is 1. The van der Waals surface area contributed by atoms with Crippen molar-refractivity contribution < 1.29 is 19.1 Å². The van der Waals surface area contributed by atoms with Crippen LogP contribution < -0.4 is 5.32 Å². The topological polar surface area (TPSA) is 75.7 Å². The maximum absolute atomic E-state index is 12.0. The van der Waals surface area contributed by atoms with Gasteiger partial charge in [0.2, 0.25) is 5.91 Å². The number of amides is 2. The van der Waals surface area contributed by atoms with Gasteiger partial charge in [-0.3, -0.25) is 14.4 Å². The summed E-state index contributed by atoms with van der Waals surface area (Å²) in [6.45, 7) is 3.38. The van der Waals surface area contributed by atoms with Gasteiger partial charge >= 0.3 is 5.97 Å². The highest BCUT2D eigenvalue weighted by molar-refractivity contribution is 8.00. The van der Waals surface area contributed by atoms with Crippen LogP contribution in [0.1, 0.15) is 19.8 Å². The van der Waals surface area contributed by atoms with E-state index >= 15 is 0 Å². The van der Waals surface area contributed by atoms with Crippen LogP contribution in [0.2, 0.25) is 5.02 Å². The number of ether oxygens (including phenoxy) is 1. The number of likely N-dealkylation sites (tertiary alicyclic amines) is 1. The molecule has 1 aromatic rings. The minimum atomic E-state index is -0.493. The lowest BCUT2D eigenvalue weighted by atomic mass is 9.99. The number of anilines is 1. The first-order valence-electron chi connectivity index (χ1n) is 8.50. The molecule has 0 spiro atoms. The van der Waals surface area contributed by atoms with E-state index in [1.165, 1.54) is 0 Å². The van der Waals surface area contributed by atoms with E-state index in [0.717, 1.165) is 37.7 Å². The fourth-order valence-electron chi connectivity index (χ4n) is 2.49. The Bertz CT molecular complexity index is 631. The van der Waals surface area contributed by atoms with Crippen molar-refractivity contribution in [1.82, 2.24) is 4.90 Å². The van der Waals surface area contributed by atoms with E-state index in [9.17, 15) is 14.4 Å². The Kier molecular flexibility index (Phi) is 8.25. The number of piperidine rings is 1. The molecule has 0 aromatic heterocycles. The summed E-state index contributed by atoms with van der Waals surface area (Å²) in [6.07, 6.45) is 1.97. The molecule has 0 aliphatic carbocycles. The SMILES string of the molecule is CC1CCN(C(=O)COC(=O)CSCC(=O)Nc2ccc(Cl)cc2)CC1. The van der Waals surface area contributed by atoms with Gasteiger partial charge in [-0.05, 0) is 43.0 Å². The van der Waals surface area contributed by atoms with Crippen LogP contribution in [0.15, 0.2) is 24.3 Å². The van der Waals surface area contributed by atoms with Crippen molar-refractivity contribution in [3.05, 3.63) is 29.3 Å². The molecule has 1 aliphatic heterocycles. The molecule has 0 saturated carbocycles. The van der Waals surface area contributed by atoms with Gasteiger partial charge in [-0.1, -0.05) is 18.5 Å². The van der Waals surface area contributed by atoms with Gasteiger partial charge in [0.25, 0.3) is 5.91 Å². The van der Waals surface area contributed by atoms with Gasteiger partial charge in [-0.15, -0.1) is 11.8 Å². The monoisotopic (exact) mass is 398 g/mol. The van der Waals surface area contributed by atoms with Crippen molar-refractivity contribution in [2.24, 2.45) is 5.92 Å². The molecule has 1 N–H and O–H groups in total. The fourth-order valence-corrected chi connectivity index (χ4v) is 3.23. The van der Waals surface area contributed by atoms with Gasteiger partial charge < -0.3 is 15.0 Å². The number of carbonyl (C=O) groups excluding carboxylic acids is 3. The Morgan fingerprint density at radius 3 is 2.50 bits per heavy atom. The molecular formula is C18H23ClN2O4S. The quantitative estimate of drug-likeness (QED) is 0.715. The van der Waals surface area contributed by atoms with E-state index in [1.807, 2.05) is 0 Å². The predicted molar refractivity (Wildman–Crippen MR) is 103 cm³/mol. The predicted octanol–water partition coefficient (Wildman–Crippen LogP) is 2.81. The Morgan fingerprint density at radius 1 is 1.19 bits per heavy atom. The van der Waals surface area contributed by atoms with Crippen LogP contribution in [0.4, 0.5) is 5.69 Å². The first-order valence-corrected chi connectivity index (χ1v) is 10.0. The number of hydrogen-bond donors (Lipinski definition) is 1. The van der Waals surface area contributed by atoms with E-state index in [-0.39, 0.29) is 29.9 Å². The molecular weight excluding hydrogens is 376 g/mol. The third-order valence-electron chi connectivity index (χ3n) is 4.07. The molecule has 2 amide bonds. The number of nitrogens with zero attached hydrogens (tertiary/aromatic N) is 1. The summed E-state index contributed by atoms with van der Waals surface area (Å²) >= 11 is 6.92. The Morgan fingerprint density at radius 2 is 1.85 bits per heavy atom. The van der Waals surface area contributed by atoms with Gasteiger partial charge in [-0.25, -0.2) is 0 Å². The Hall–Kier alpha value is -1.73. The normalized spacial score (nSPS) is 14.8. The highest BCUT2D eigenvalue weighted by Gasteiger charge is 2.21. The molecule has 0 bridgehead atoms. The third kappa shape index (κ3) is 7.25. The van der Waals surface area contributed by atoms with Crippen LogP contribution >= 0.6 is 23.4 Å². The first kappa shape index (κ1) is 20.6. The number of hydrogen-bond acceptors (Lipinski definition) is 5. The fraction of sp³-hybridized carbons (Fsp3) is 0.500. The van der Waals surface area contributed by atoms with E-state index < -0.39 is 5.97 Å². The summed E-state index contributed by atoms with van der Waals surface area (Å²) < 4.78 is 5.00. The highest BCUT2D eigenvalue weighted by atomic mass is 35.5. The average Bonchev–Trinajstić information content (AvgIpc) is 2.62.